The van der Waals surface area contributed by atoms with Gasteiger partial charge in [-0.05, 0) is 24.3 Å². The molecule has 0 atom stereocenters. The summed E-state index contributed by atoms with van der Waals surface area (Å²) in [4.78, 5) is 30.8. The lowest BCUT2D eigenvalue weighted by Gasteiger charge is -2.06. The van der Waals surface area contributed by atoms with Crippen LogP contribution in [0.1, 0.15) is 20.7 Å². The second-order valence-electron chi connectivity index (χ2n) is 4.63. The fraction of sp³-hybridized carbons (Fsp3) is 0.0625. The summed E-state index contributed by atoms with van der Waals surface area (Å²) in [6.07, 6.45) is 3.14. The van der Waals surface area contributed by atoms with E-state index in [1.165, 1.54) is 13.3 Å². The van der Waals surface area contributed by atoms with Gasteiger partial charge in [0.1, 0.15) is 5.82 Å². The van der Waals surface area contributed by atoms with Crippen molar-refractivity contribution in [1.29, 1.82) is 0 Å². The lowest BCUT2D eigenvalue weighted by atomic mass is 10.1. The van der Waals surface area contributed by atoms with Crippen molar-refractivity contribution in [2.24, 2.45) is 0 Å². The van der Waals surface area contributed by atoms with Gasteiger partial charge in [-0.25, -0.2) is 9.78 Å². The van der Waals surface area contributed by atoms with Gasteiger partial charge < -0.3 is 15.0 Å². The third-order valence-electron chi connectivity index (χ3n) is 3.26. The summed E-state index contributed by atoms with van der Waals surface area (Å²) in [5, 5.41) is 3.66. The molecule has 110 valence electrons. The molecule has 0 radical (unpaired) electrons. The molecule has 1 amide bonds. The van der Waals surface area contributed by atoms with Crippen molar-refractivity contribution in [3.8, 4) is 0 Å². The Balaban J connectivity index is 1.82. The third-order valence-corrected chi connectivity index (χ3v) is 3.26. The molecule has 0 saturated heterocycles. The largest absolute Gasteiger partial charge is 0.465 e. The summed E-state index contributed by atoms with van der Waals surface area (Å²) < 4.78 is 4.60. The molecule has 1 aromatic carbocycles. The van der Waals surface area contributed by atoms with Crippen LogP contribution in [0.3, 0.4) is 0 Å². The number of ether oxygens (including phenoxy) is 1. The first-order chi connectivity index (χ1) is 10.7. The number of fused-ring (bicyclic) bond motifs is 1. The molecule has 0 bridgehead atoms. The number of hydrogen-bond acceptors (Lipinski definition) is 4. The summed E-state index contributed by atoms with van der Waals surface area (Å²) >= 11 is 0. The zero-order valence-corrected chi connectivity index (χ0v) is 11.8. The smallest absolute Gasteiger partial charge is 0.339 e. The Hall–Kier alpha value is -3.15. The lowest BCUT2D eigenvalue weighted by Crippen LogP contribution is -2.13. The van der Waals surface area contributed by atoms with Gasteiger partial charge in [0.25, 0.3) is 5.91 Å². The summed E-state index contributed by atoms with van der Waals surface area (Å²) in [5.74, 6) is -0.380. The van der Waals surface area contributed by atoms with Crippen molar-refractivity contribution < 1.29 is 14.3 Å². The minimum Gasteiger partial charge on any atom is -0.465 e. The molecule has 3 rings (SSSR count). The number of H-pyrrole nitrogens is 1. The van der Waals surface area contributed by atoms with Crippen LogP contribution < -0.4 is 5.32 Å². The molecule has 0 saturated carbocycles. The Kier molecular flexibility index (Phi) is 3.57. The van der Waals surface area contributed by atoms with Crippen molar-refractivity contribution in [2.45, 2.75) is 0 Å². The predicted octanol–water partition coefficient (Wildman–Crippen LogP) is 2.60. The maximum atomic E-state index is 12.3. The molecule has 0 unspecified atom stereocenters. The normalized spacial score (nSPS) is 10.4. The van der Waals surface area contributed by atoms with E-state index in [1.807, 2.05) is 18.2 Å². The number of para-hydroxylation sites is 1. The molecule has 6 nitrogen and oxygen atoms in total. The molecule has 6 heteroatoms. The van der Waals surface area contributed by atoms with Crippen LogP contribution in [0.5, 0.6) is 0 Å². The molecule has 2 N–H and O–H groups in total. The molecule has 0 aliphatic heterocycles. The van der Waals surface area contributed by atoms with Crippen molar-refractivity contribution in [3.05, 3.63) is 59.9 Å². The summed E-state index contributed by atoms with van der Waals surface area (Å²) in [5.41, 5.74) is 1.62. The van der Waals surface area contributed by atoms with E-state index >= 15 is 0 Å². The highest BCUT2D eigenvalue weighted by atomic mass is 16.5. The van der Waals surface area contributed by atoms with Gasteiger partial charge in [-0.2, -0.15) is 0 Å². The number of esters is 1. The first-order valence-electron chi connectivity index (χ1n) is 6.61. The number of methoxy groups -OCH3 is 1. The Bertz CT molecular complexity index is 837. The molecule has 0 aliphatic rings. The van der Waals surface area contributed by atoms with Crippen LogP contribution in [0.15, 0.2) is 48.8 Å². The molecule has 3 aromatic rings. The zero-order valence-electron chi connectivity index (χ0n) is 11.8. The molecule has 2 heterocycles. The highest BCUT2D eigenvalue weighted by molar-refractivity contribution is 6.11. The Morgan fingerprint density at radius 2 is 2.05 bits per heavy atom. The van der Waals surface area contributed by atoms with E-state index in [9.17, 15) is 9.59 Å². The van der Waals surface area contributed by atoms with Gasteiger partial charge in [0.15, 0.2) is 0 Å². The fourth-order valence-corrected chi connectivity index (χ4v) is 2.16. The number of anilines is 1. The van der Waals surface area contributed by atoms with Crippen LogP contribution in [0.4, 0.5) is 5.82 Å². The number of benzene rings is 1. The SMILES string of the molecule is COC(=O)c1ccc(NC(=O)c2cccc3cc[nH]c23)nc1. The number of nitrogens with one attached hydrogen (secondary N) is 2. The van der Waals surface area contributed by atoms with Gasteiger partial charge >= 0.3 is 5.97 Å². The topological polar surface area (TPSA) is 84.1 Å². The van der Waals surface area contributed by atoms with E-state index in [1.54, 1.807) is 24.4 Å². The molecule has 2 aromatic heterocycles. The van der Waals surface area contributed by atoms with Crippen LogP contribution in [0.25, 0.3) is 10.9 Å². The number of amides is 1. The molecule has 22 heavy (non-hydrogen) atoms. The maximum absolute atomic E-state index is 12.3. The van der Waals surface area contributed by atoms with Gasteiger partial charge in [-0.1, -0.05) is 12.1 Å². The van der Waals surface area contributed by atoms with Gasteiger partial charge in [0, 0.05) is 17.8 Å². The highest BCUT2D eigenvalue weighted by Crippen LogP contribution is 2.18. The summed E-state index contributed by atoms with van der Waals surface area (Å²) in [6, 6.07) is 10.5. The first-order valence-corrected chi connectivity index (χ1v) is 6.61. The third kappa shape index (κ3) is 2.54. The van der Waals surface area contributed by atoms with Gasteiger partial charge in [0.05, 0.1) is 23.8 Å². The van der Waals surface area contributed by atoms with E-state index < -0.39 is 5.97 Å². The second-order valence-corrected chi connectivity index (χ2v) is 4.63. The predicted molar refractivity (Wildman–Crippen MR) is 81.8 cm³/mol. The number of rotatable bonds is 3. The van der Waals surface area contributed by atoms with Crippen molar-refractivity contribution in [3.63, 3.8) is 0 Å². The van der Waals surface area contributed by atoms with Crippen LogP contribution in [-0.4, -0.2) is 29.0 Å². The number of carbonyl (C=O) groups excluding carboxylic acids is 2. The average molecular weight is 295 g/mol. The van der Waals surface area contributed by atoms with Crippen molar-refractivity contribution >= 4 is 28.6 Å². The van der Waals surface area contributed by atoms with Gasteiger partial charge in [-0.15, -0.1) is 0 Å². The number of hydrogen-bond donors (Lipinski definition) is 2. The fourth-order valence-electron chi connectivity index (χ4n) is 2.16. The average Bonchev–Trinajstić information content (AvgIpc) is 3.03. The zero-order chi connectivity index (χ0) is 15.5. The molecule has 0 fully saturated rings. The Morgan fingerprint density at radius 3 is 2.77 bits per heavy atom. The molecule has 0 aliphatic carbocycles. The molecule has 0 spiro atoms. The molecular weight excluding hydrogens is 282 g/mol. The lowest BCUT2D eigenvalue weighted by molar-refractivity contribution is 0.0600. The van der Waals surface area contributed by atoms with Crippen molar-refractivity contribution in [1.82, 2.24) is 9.97 Å². The van der Waals surface area contributed by atoms with Crippen LogP contribution in [0, 0.1) is 0 Å². The van der Waals surface area contributed by atoms with Crippen LogP contribution >= 0.6 is 0 Å². The van der Waals surface area contributed by atoms with Crippen LogP contribution in [-0.2, 0) is 4.74 Å². The minimum atomic E-state index is -0.471. The number of aromatic nitrogens is 2. The van der Waals surface area contributed by atoms with Gasteiger partial charge in [0.2, 0.25) is 0 Å². The Labute approximate surface area is 126 Å². The maximum Gasteiger partial charge on any atom is 0.339 e. The van der Waals surface area contributed by atoms with E-state index in [0.717, 1.165) is 10.9 Å². The monoisotopic (exact) mass is 295 g/mol. The first kappa shape index (κ1) is 13.8. The number of aromatic amines is 1. The van der Waals surface area contributed by atoms with Crippen LogP contribution in [0.2, 0.25) is 0 Å². The Morgan fingerprint density at radius 1 is 1.18 bits per heavy atom. The van der Waals surface area contributed by atoms with E-state index in [4.69, 9.17) is 0 Å². The highest BCUT2D eigenvalue weighted by Gasteiger charge is 2.12. The molecular formula is C16H13N3O3. The number of pyridine rings is 1. The summed E-state index contributed by atoms with van der Waals surface area (Å²) in [7, 11) is 1.30. The van der Waals surface area contributed by atoms with E-state index in [2.05, 4.69) is 20.0 Å². The number of carbonyl (C=O) groups is 2. The second kappa shape index (κ2) is 5.69. The minimum absolute atomic E-state index is 0.272. The standard InChI is InChI=1S/C16H13N3O3/c1-22-16(21)11-5-6-13(18-9-11)19-15(20)12-4-2-3-10-7-8-17-14(10)12/h2-9,17H,1H3,(H,18,19,20). The summed E-state index contributed by atoms with van der Waals surface area (Å²) in [6.45, 7) is 0. The van der Waals surface area contributed by atoms with Gasteiger partial charge in [-0.3, -0.25) is 4.79 Å². The van der Waals surface area contributed by atoms with E-state index in [0.29, 0.717) is 16.9 Å². The van der Waals surface area contributed by atoms with Crippen molar-refractivity contribution in [2.75, 3.05) is 12.4 Å². The number of nitrogens with zero attached hydrogens (tertiary/aromatic N) is 1. The quantitative estimate of drug-likeness (QED) is 0.727. The van der Waals surface area contributed by atoms with E-state index in [-0.39, 0.29) is 5.91 Å².